The van der Waals surface area contributed by atoms with E-state index in [1.54, 1.807) is 24.3 Å². The van der Waals surface area contributed by atoms with Crippen LogP contribution in [0.2, 0.25) is 0 Å². The second-order valence-corrected chi connectivity index (χ2v) is 7.28. The predicted molar refractivity (Wildman–Crippen MR) is 125 cm³/mol. The van der Waals surface area contributed by atoms with E-state index in [-0.39, 0.29) is 37.1 Å². The first-order valence-electron chi connectivity index (χ1n) is 10.3. The molecule has 2 amide bonds. The molecule has 0 aliphatic carbocycles. The lowest BCUT2D eigenvalue weighted by molar-refractivity contribution is -0.118. The minimum Gasteiger partial charge on any atom is -0.395 e. The van der Waals surface area contributed by atoms with Crippen molar-refractivity contribution in [2.24, 2.45) is 5.73 Å². The highest BCUT2D eigenvalue weighted by atomic mass is 16.3. The fourth-order valence-corrected chi connectivity index (χ4v) is 3.02. The zero-order chi connectivity index (χ0) is 23.5. The number of nitrogen functional groups attached to an aromatic ring is 1. The Kier molecular flexibility index (Phi) is 9.37. The largest absolute Gasteiger partial charge is 0.395 e. The maximum atomic E-state index is 11.3. The van der Waals surface area contributed by atoms with Crippen molar-refractivity contribution in [2.75, 3.05) is 35.7 Å². The van der Waals surface area contributed by atoms with Crippen molar-refractivity contribution in [1.29, 1.82) is 5.41 Å². The zero-order valence-electron chi connectivity index (χ0n) is 18.1. The Hall–Kier alpha value is -3.72. The number of aldehydes is 1. The summed E-state index contributed by atoms with van der Waals surface area (Å²) >= 11 is 0. The van der Waals surface area contributed by atoms with Crippen LogP contribution in [0.5, 0.6) is 0 Å². The van der Waals surface area contributed by atoms with Crippen LogP contribution < -0.4 is 21.3 Å². The van der Waals surface area contributed by atoms with Gasteiger partial charge in [0, 0.05) is 55.5 Å². The summed E-state index contributed by atoms with van der Waals surface area (Å²) in [5.41, 5.74) is 9.61. The van der Waals surface area contributed by atoms with Gasteiger partial charge in [-0.2, -0.15) is 0 Å². The summed E-state index contributed by atoms with van der Waals surface area (Å²) < 4.78 is 0. The molecule has 32 heavy (non-hydrogen) atoms. The molecular formula is C23H29N5O4. The summed E-state index contributed by atoms with van der Waals surface area (Å²) in [6, 6.07) is 12.6. The van der Waals surface area contributed by atoms with Gasteiger partial charge in [-0.05, 0) is 48.4 Å². The summed E-state index contributed by atoms with van der Waals surface area (Å²) in [5.74, 6) is -0.143. The molecule has 0 fully saturated rings. The number of aliphatic hydroxyl groups excluding tert-OH is 1. The molecule has 6 N–H and O–H groups in total. The number of likely N-dealkylation sites (N-methyl/N-ethyl adjacent to an activating group) is 1. The molecule has 0 radical (unpaired) electrons. The maximum absolute atomic E-state index is 11.3. The summed E-state index contributed by atoms with van der Waals surface area (Å²) in [6.07, 6.45) is 2.48. The third-order valence-corrected chi connectivity index (χ3v) is 4.83. The molecule has 9 nitrogen and oxygen atoms in total. The van der Waals surface area contributed by atoms with Gasteiger partial charge in [-0.25, -0.2) is 0 Å². The number of hydrogen-bond acceptors (Lipinski definition) is 6. The Morgan fingerprint density at radius 1 is 1.25 bits per heavy atom. The Morgan fingerprint density at radius 3 is 2.59 bits per heavy atom. The molecule has 9 heteroatoms. The highest BCUT2D eigenvalue weighted by molar-refractivity contribution is 5.96. The minimum absolute atomic E-state index is 0.0150. The van der Waals surface area contributed by atoms with E-state index in [0.717, 1.165) is 17.8 Å². The Bertz CT molecular complexity index is 959. The van der Waals surface area contributed by atoms with Crippen LogP contribution in [-0.2, 0) is 20.8 Å². The number of hydrogen-bond donors (Lipinski definition) is 5. The predicted octanol–water partition coefficient (Wildman–Crippen LogP) is 1.89. The molecule has 0 saturated carbocycles. The van der Waals surface area contributed by atoms with Gasteiger partial charge in [-0.15, -0.1) is 0 Å². The molecule has 2 aromatic rings. The number of rotatable bonds is 8. The number of fused-ring (bicyclic) bond motifs is 1. The molecule has 0 bridgehead atoms. The molecule has 3 rings (SSSR count). The van der Waals surface area contributed by atoms with Crippen molar-refractivity contribution >= 4 is 41.0 Å². The molecule has 0 spiro atoms. The number of nitrogens with two attached hydrogens (primary N) is 1. The van der Waals surface area contributed by atoms with Gasteiger partial charge in [0.25, 0.3) is 0 Å². The molecular weight excluding hydrogens is 410 g/mol. The zero-order valence-corrected chi connectivity index (χ0v) is 18.1. The first-order valence-corrected chi connectivity index (χ1v) is 10.3. The number of aliphatic hydroxyl groups is 1. The van der Waals surface area contributed by atoms with E-state index < -0.39 is 0 Å². The van der Waals surface area contributed by atoms with Crippen LogP contribution in [0.25, 0.3) is 0 Å². The van der Waals surface area contributed by atoms with Gasteiger partial charge in [0.2, 0.25) is 11.8 Å². The van der Waals surface area contributed by atoms with Crippen molar-refractivity contribution in [3.8, 4) is 0 Å². The number of carbonyl (C=O) groups excluding carboxylic acids is 3. The Balaban J connectivity index is 0.000000227. The molecule has 0 unspecified atom stereocenters. The molecule has 2 aromatic carbocycles. The van der Waals surface area contributed by atoms with Crippen molar-refractivity contribution in [2.45, 2.75) is 25.7 Å². The lowest BCUT2D eigenvalue weighted by Gasteiger charge is -2.22. The van der Waals surface area contributed by atoms with Crippen LogP contribution in [0.3, 0.4) is 0 Å². The second kappa shape index (κ2) is 12.2. The maximum Gasteiger partial charge on any atom is 0.224 e. The smallest absolute Gasteiger partial charge is 0.224 e. The standard InChI is InChI=1S/C12H16N2O2.C11H13N3O2/c1-14(6-7-15)10-4-2-9-3-5-12(16)13-11(9)8-10;12-11(13)8-3-5-9(6-4-8)14-10(16)2-1-7-15/h2,4,8,15H,3,5-7H2,1H3,(H,13,16);3-7H,1-2H2,(H3,12,13)(H,14,16). The number of benzene rings is 2. The topological polar surface area (TPSA) is 149 Å². The summed E-state index contributed by atoms with van der Waals surface area (Å²) in [7, 11) is 1.92. The van der Waals surface area contributed by atoms with E-state index >= 15 is 0 Å². The van der Waals surface area contributed by atoms with E-state index in [4.69, 9.17) is 16.2 Å². The monoisotopic (exact) mass is 439 g/mol. The number of carbonyl (C=O) groups is 3. The number of nitrogens with zero attached hydrogens (tertiary/aromatic N) is 1. The van der Waals surface area contributed by atoms with Gasteiger partial charge < -0.3 is 31.2 Å². The fourth-order valence-electron chi connectivity index (χ4n) is 3.02. The van der Waals surface area contributed by atoms with Gasteiger partial charge >= 0.3 is 0 Å². The van der Waals surface area contributed by atoms with E-state index in [1.165, 1.54) is 5.56 Å². The van der Waals surface area contributed by atoms with Crippen LogP contribution >= 0.6 is 0 Å². The Morgan fingerprint density at radius 2 is 1.97 bits per heavy atom. The fraction of sp³-hybridized carbons (Fsp3) is 0.304. The van der Waals surface area contributed by atoms with Crippen molar-refractivity contribution in [3.05, 3.63) is 53.6 Å². The summed E-state index contributed by atoms with van der Waals surface area (Å²) in [6.45, 7) is 0.715. The SMILES string of the molecule is CN(CCO)c1ccc2c(c1)NC(=O)CC2.N=C(N)c1ccc(NC(=O)CCC=O)cc1. The van der Waals surface area contributed by atoms with Gasteiger partial charge in [-0.3, -0.25) is 15.0 Å². The minimum atomic E-state index is -0.206. The quantitative estimate of drug-likeness (QED) is 0.241. The molecule has 0 atom stereocenters. The van der Waals surface area contributed by atoms with Gasteiger partial charge in [0.15, 0.2) is 0 Å². The van der Waals surface area contributed by atoms with Crippen molar-refractivity contribution in [3.63, 3.8) is 0 Å². The number of aryl methyl sites for hydroxylation is 1. The van der Waals surface area contributed by atoms with Crippen LogP contribution in [-0.4, -0.2) is 49.2 Å². The van der Waals surface area contributed by atoms with Crippen molar-refractivity contribution in [1.82, 2.24) is 0 Å². The molecule has 0 saturated heterocycles. The molecule has 1 aliphatic rings. The highest BCUT2D eigenvalue weighted by Crippen LogP contribution is 2.27. The summed E-state index contributed by atoms with van der Waals surface area (Å²) in [4.78, 5) is 34.5. The lowest BCUT2D eigenvalue weighted by Crippen LogP contribution is -2.23. The van der Waals surface area contributed by atoms with Gasteiger partial charge in [0.1, 0.15) is 12.1 Å². The Labute approximate surface area is 187 Å². The lowest BCUT2D eigenvalue weighted by atomic mass is 10.0. The molecule has 1 heterocycles. The second-order valence-electron chi connectivity index (χ2n) is 7.28. The molecule has 0 aromatic heterocycles. The van der Waals surface area contributed by atoms with Gasteiger partial charge in [-0.1, -0.05) is 6.07 Å². The van der Waals surface area contributed by atoms with E-state index in [2.05, 4.69) is 10.6 Å². The number of anilines is 3. The third kappa shape index (κ3) is 7.51. The highest BCUT2D eigenvalue weighted by Gasteiger charge is 2.15. The van der Waals surface area contributed by atoms with Gasteiger partial charge in [0.05, 0.1) is 6.61 Å². The number of nitrogens with one attached hydrogen (secondary N) is 3. The van der Waals surface area contributed by atoms with Crippen molar-refractivity contribution < 1.29 is 19.5 Å². The van der Waals surface area contributed by atoms with E-state index in [9.17, 15) is 14.4 Å². The molecule has 1 aliphatic heterocycles. The van der Waals surface area contributed by atoms with Crippen LogP contribution in [0.1, 0.15) is 30.4 Å². The first kappa shape index (κ1) is 24.5. The normalized spacial score (nSPS) is 11.9. The van der Waals surface area contributed by atoms with E-state index in [0.29, 0.717) is 30.5 Å². The molecule has 170 valence electrons. The van der Waals surface area contributed by atoms with E-state index in [1.807, 2.05) is 30.1 Å². The third-order valence-electron chi connectivity index (χ3n) is 4.83. The number of amidine groups is 1. The summed E-state index contributed by atoms with van der Waals surface area (Å²) in [5, 5.41) is 21.6. The average molecular weight is 440 g/mol. The average Bonchev–Trinajstić information content (AvgIpc) is 2.78. The number of amides is 2. The van der Waals surface area contributed by atoms with Crippen LogP contribution in [0.15, 0.2) is 42.5 Å². The van der Waals surface area contributed by atoms with Crippen LogP contribution in [0.4, 0.5) is 17.1 Å². The van der Waals surface area contributed by atoms with Crippen LogP contribution in [0, 0.1) is 5.41 Å². The first-order chi connectivity index (χ1) is 15.3.